The summed E-state index contributed by atoms with van der Waals surface area (Å²) in [5.74, 6) is 0. The summed E-state index contributed by atoms with van der Waals surface area (Å²) < 4.78 is 31.5. The molecule has 1 unspecified atom stereocenters. The summed E-state index contributed by atoms with van der Waals surface area (Å²) in [4.78, 5) is 4.12. The zero-order valence-corrected chi connectivity index (χ0v) is 13.6. The lowest BCUT2D eigenvalue weighted by Gasteiger charge is -2.25. The fourth-order valence-corrected chi connectivity index (χ4v) is 3.42. The van der Waals surface area contributed by atoms with Gasteiger partial charge in [-0.3, -0.25) is 4.55 Å². The molecule has 6 heteroatoms. The van der Waals surface area contributed by atoms with Crippen molar-refractivity contribution >= 4 is 10.1 Å². The SMILES string of the molecule is O=S(=O)(O)c1ccc2c(n1)CC(CCCc1ccccc1)NC2. The first-order valence-corrected chi connectivity index (χ1v) is 9.20. The monoisotopic (exact) mass is 332 g/mol. The van der Waals surface area contributed by atoms with E-state index in [-0.39, 0.29) is 11.1 Å². The van der Waals surface area contributed by atoms with Gasteiger partial charge in [0.05, 0.1) is 0 Å². The molecule has 23 heavy (non-hydrogen) atoms. The first-order valence-electron chi connectivity index (χ1n) is 7.76. The number of rotatable bonds is 5. The molecule has 3 rings (SSSR count). The average molecular weight is 332 g/mol. The van der Waals surface area contributed by atoms with Crippen molar-refractivity contribution in [1.82, 2.24) is 10.3 Å². The summed E-state index contributed by atoms with van der Waals surface area (Å²) in [5, 5.41) is 3.21. The minimum Gasteiger partial charge on any atom is -0.309 e. The molecule has 122 valence electrons. The molecule has 5 nitrogen and oxygen atoms in total. The van der Waals surface area contributed by atoms with Gasteiger partial charge in [0.15, 0.2) is 5.03 Å². The molecule has 1 aromatic carbocycles. The Morgan fingerprint density at radius 1 is 1.17 bits per heavy atom. The van der Waals surface area contributed by atoms with Crippen LogP contribution in [0.25, 0.3) is 0 Å². The van der Waals surface area contributed by atoms with Gasteiger partial charge in [0.1, 0.15) is 0 Å². The molecule has 0 fully saturated rings. The maximum atomic E-state index is 11.2. The van der Waals surface area contributed by atoms with Crippen LogP contribution in [-0.4, -0.2) is 24.0 Å². The topological polar surface area (TPSA) is 79.3 Å². The van der Waals surface area contributed by atoms with Crippen LogP contribution < -0.4 is 5.32 Å². The fraction of sp³-hybridized carbons (Fsp3) is 0.353. The summed E-state index contributed by atoms with van der Waals surface area (Å²) in [5.41, 5.74) is 3.09. The molecule has 0 amide bonds. The highest BCUT2D eigenvalue weighted by molar-refractivity contribution is 7.85. The number of fused-ring (bicyclic) bond motifs is 1. The molecule has 0 spiro atoms. The third-order valence-electron chi connectivity index (χ3n) is 4.19. The Balaban J connectivity index is 1.61. The predicted octanol–water partition coefficient (Wildman–Crippen LogP) is 2.37. The third kappa shape index (κ3) is 4.16. The molecule has 0 saturated carbocycles. The number of hydrogen-bond donors (Lipinski definition) is 2. The molecular formula is C17H20N2O3S. The highest BCUT2D eigenvalue weighted by Crippen LogP contribution is 2.20. The first kappa shape index (κ1) is 16.1. The Morgan fingerprint density at radius 2 is 1.96 bits per heavy atom. The van der Waals surface area contributed by atoms with Crippen molar-refractivity contribution in [3.05, 3.63) is 59.3 Å². The van der Waals surface area contributed by atoms with Crippen LogP contribution in [0.5, 0.6) is 0 Å². The Bertz CT molecular complexity index is 776. The Labute approximate surface area is 136 Å². The van der Waals surface area contributed by atoms with E-state index in [0.717, 1.165) is 30.5 Å². The van der Waals surface area contributed by atoms with Gasteiger partial charge in [0, 0.05) is 24.7 Å². The fourth-order valence-electron chi connectivity index (χ4n) is 2.95. The van der Waals surface area contributed by atoms with Crippen LogP contribution in [0, 0.1) is 0 Å². The number of aryl methyl sites for hydroxylation is 1. The van der Waals surface area contributed by atoms with Gasteiger partial charge in [-0.1, -0.05) is 36.4 Å². The molecule has 0 aliphatic carbocycles. The number of pyridine rings is 1. The van der Waals surface area contributed by atoms with E-state index in [0.29, 0.717) is 13.0 Å². The normalized spacial score (nSPS) is 17.7. The number of aromatic nitrogens is 1. The van der Waals surface area contributed by atoms with Crippen LogP contribution in [0.4, 0.5) is 0 Å². The molecule has 1 aliphatic heterocycles. The first-order chi connectivity index (χ1) is 11.0. The number of nitrogens with zero attached hydrogens (tertiary/aromatic N) is 1. The second-order valence-corrected chi connectivity index (χ2v) is 7.26. The van der Waals surface area contributed by atoms with Crippen LogP contribution >= 0.6 is 0 Å². The average Bonchev–Trinajstić information content (AvgIpc) is 2.54. The van der Waals surface area contributed by atoms with Crippen LogP contribution in [0.15, 0.2) is 47.5 Å². The van der Waals surface area contributed by atoms with Crippen molar-refractivity contribution in [2.24, 2.45) is 0 Å². The summed E-state index contributed by atoms with van der Waals surface area (Å²) >= 11 is 0. The molecule has 1 aromatic heterocycles. The predicted molar refractivity (Wildman–Crippen MR) is 87.8 cm³/mol. The van der Waals surface area contributed by atoms with Gasteiger partial charge in [-0.05, 0) is 36.5 Å². The molecule has 2 aromatic rings. The highest BCUT2D eigenvalue weighted by Gasteiger charge is 2.21. The minimum absolute atomic E-state index is 0.263. The van der Waals surface area contributed by atoms with E-state index in [2.05, 4.69) is 22.4 Å². The Morgan fingerprint density at radius 3 is 2.70 bits per heavy atom. The molecule has 1 atom stereocenters. The highest BCUT2D eigenvalue weighted by atomic mass is 32.2. The van der Waals surface area contributed by atoms with Crippen LogP contribution in [-0.2, 0) is 29.5 Å². The van der Waals surface area contributed by atoms with Gasteiger partial charge in [-0.25, -0.2) is 4.98 Å². The van der Waals surface area contributed by atoms with Crippen molar-refractivity contribution in [3.8, 4) is 0 Å². The van der Waals surface area contributed by atoms with E-state index >= 15 is 0 Å². The summed E-state index contributed by atoms with van der Waals surface area (Å²) in [6, 6.07) is 13.7. The van der Waals surface area contributed by atoms with Gasteiger partial charge in [0.25, 0.3) is 0 Å². The summed E-state index contributed by atoms with van der Waals surface area (Å²) in [6.07, 6.45) is 3.79. The molecule has 1 aliphatic rings. The zero-order valence-electron chi connectivity index (χ0n) is 12.8. The molecule has 2 heterocycles. The van der Waals surface area contributed by atoms with E-state index in [4.69, 9.17) is 4.55 Å². The maximum absolute atomic E-state index is 11.2. The van der Waals surface area contributed by atoms with E-state index in [9.17, 15) is 8.42 Å². The van der Waals surface area contributed by atoms with Gasteiger partial charge in [-0.15, -0.1) is 0 Å². The Hall–Kier alpha value is -1.76. The van der Waals surface area contributed by atoms with Crippen molar-refractivity contribution < 1.29 is 13.0 Å². The van der Waals surface area contributed by atoms with Gasteiger partial charge >= 0.3 is 10.1 Å². The van der Waals surface area contributed by atoms with Crippen molar-refractivity contribution in [1.29, 1.82) is 0 Å². The van der Waals surface area contributed by atoms with Gasteiger partial charge in [-0.2, -0.15) is 8.42 Å². The van der Waals surface area contributed by atoms with Crippen molar-refractivity contribution in [2.45, 2.75) is 43.3 Å². The lowest BCUT2D eigenvalue weighted by Crippen LogP contribution is -2.36. The van der Waals surface area contributed by atoms with E-state index in [1.165, 1.54) is 11.6 Å². The molecule has 0 bridgehead atoms. The van der Waals surface area contributed by atoms with Crippen molar-refractivity contribution in [2.75, 3.05) is 0 Å². The molecular weight excluding hydrogens is 312 g/mol. The van der Waals surface area contributed by atoms with Crippen LogP contribution in [0.3, 0.4) is 0 Å². The third-order valence-corrected chi connectivity index (χ3v) is 4.94. The standard InChI is InChI=1S/C17H20N2O3S/c20-23(21,22)17-10-9-14-12-18-15(11-16(14)19-17)8-4-7-13-5-2-1-3-6-13/h1-3,5-6,9-10,15,18H,4,7-8,11-12H2,(H,20,21,22). The van der Waals surface area contributed by atoms with Crippen LogP contribution in [0.2, 0.25) is 0 Å². The summed E-state index contributed by atoms with van der Waals surface area (Å²) in [7, 11) is -4.24. The summed E-state index contributed by atoms with van der Waals surface area (Å²) in [6.45, 7) is 0.685. The second kappa shape index (κ2) is 6.78. The molecule has 0 radical (unpaired) electrons. The minimum atomic E-state index is -4.24. The van der Waals surface area contributed by atoms with Crippen LogP contribution in [0.1, 0.15) is 29.7 Å². The van der Waals surface area contributed by atoms with Crippen molar-refractivity contribution in [3.63, 3.8) is 0 Å². The number of nitrogens with one attached hydrogen (secondary N) is 1. The Kier molecular flexibility index (Phi) is 4.75. The molecule has 2 N–H and O–H groups in total. The lowest BCUT2D eigenvalue weighted by molar-refractivity contribution is 0.431. The maximum Gasteiger partial charge on any atom is 0.312 e. The second-order valence-electron chi connectivity index (χ2n) is 5.89. The smallest absolute Gasteiger partial charge is 0.309 e. The van der Waals surface area contributed by atoms with E-state index in [1.54, 1.807) is 6.07 Å². The number of benzene rings is 1. The largest absolute Gasteiger partial charge is 0.312 e. The van der Waals surface area contributed by atoms with E-state index in [1.807, 2.05) is 18.2 Å². The molecule has 0 saturated heterocycles. The van der Waals surface area contributed by atoms with Gasteiger partial charge in [0.2, 0.25) is 0 Å². The quantitative estimate of drug-likeness (QED) is 0.822. The van der Waals surface area contributed by atoms with Gasteiger partial charge < -0.3 is 5.32 Å². The number of hydrogen-bond acceptors (Lipinski definition) is 4. The van der Waals surface area contributed by atoms with E-state index < -0.39 is 10.1 Å². The lowest BCUT2D eigenvalue weighted by atomic mass is 9.96. The zero-order chi connectivity index (χ0) is 16.3.